The summed E-state index contributed by atoms with van der Waals surface area (Å²) in [6, 6.07) is 13.5. The fraction of sp³-hybridized carbons (Fsp3) is 0.333. The first kappa shape index (κ1) is 19.7. The third kappa shape index (κ3) is 4.79. The molecule has 2 aromatic carbocycles. The molecule has 1 aliphatic heterocycles. The van der Waals surface area contributed by atoms with Gasteiger partial charge in [-0.3, -0.25) is 4.79 Å². The molecule has 0 aliphatic carbocycles. The van der Waals surface area contributed by atoms with E-state index in [0.717, 1.165) is 5.69 Å². The number of para-hydroxylation sites is 1. The van der Waals surface area contributed by atoms with Crippen LogP contribution in [0.15, 0.2) is 48.5 Å². The average Bonchev–Trinajstić information content (AvgIpc) is 2.73. The smallest absolute Gasteiger partial charge is 0.338 e. The Balaban J connectivity index is 1.47. The van der Waals surface area contributed by atoms with Gasteiger partial charge in [0.25, 0.3) is 0 Å². The number of nitrogens with zero attached hydrogens (tertiary/aromatic N) is 2. The maximum Gasteiger partial charge on any atom is 0.338 e. The molecule has 0 radical (unpaired) electrons. The first-order valence-corrected chi connectivity index (χ1v) is 9.37. The first-order chi connectivity index (χ1) is 13.6. The average molecular weight is 385 g/mol. The van der Waals surface area contributed by atoms with E-state index in [1.54, 1.807) is 48.2 Å². The number of hydrogen-bond donors (Lipinski definition) is 1. The molecule has 0 saturated carbocycles. The summed E-state index contributed by atoms with van der Waals surface area (Å²) in [6.07, 6.45) is 0. The van der Waals surface area contributed by atoms with Crippen LogP contribution in [0.1, 0.15) is 17.3 Å². The van der Waals surface area contributed by atoms with Crippen LogP contribution in [0.3, 0.4) is 0 Å². The van der Waals surface area contributed by atoms with E-state index in [1.807, 2.05) is 11.0 Å². The van der Waals surface area contributed by atoms with Gasteiger partial charge in [0, 0.05) is 31.9 Å². The fourth-order valence-electron chi connectivity index (χ4n) is 3.13. The zero-order valence-corrected chi connectivity index (χ0v) is 15.9. The summed E-state index contributed by atoms with van der Waals surface area (Å²) in [4.78, 5) is 27.8. The summed E-state index contributed by atoms with van der Waals surface area (Å²) < 4.78 is 18.8. The third-order valence-electron chi connectivity index (χ3n) is 4.67. The van der Waals surface area contributed by atoms with E-state index in [9.17, 15) is 14.0 Å². The second-order valence-electron chi connectivity index (χ2n) is 6.47. The van der Waals surface area contributed by atoms with Gasteiger partial charge in [-0.05, 0) is 43.3 Å². The van der Waals surface area contributed by atoms with Gasteiger partial charge in [0.05, 0.1) is 24.4 Å². The van der Waals surface area contributed by atoms with Crippen molar-refractivity contribution in [1.29, 1.82) is 0 Å². The lowest BCUT2D eigenvalue weighted by molar-refractivity contribution is -0.129. The number of hydrogen-bond acceptors (Lipinski definition) is 5. The van der Waals surface area contributed by atoms with Gasteiger partial charge in [-0.25, -0.2) is 9.18 Å². The van der Waals surface area contributed by atoms with Gasteiger partial charge < -0.3 is 19.9 Å². The standard InChI is InChI=1S/C21H24FN3O3/c1-2-28-21(27)16-7-9-17(10-8-16)23-15-20(26)25-13-11-24(12-14-25)19-6-4-3-5-18(19)22/h3-10,23H,2,11-15H2,1H3. The van der Waals surface area contributed by atoms with Crippen molar-refractivity contribution in [3.8, 4) is 0 Å². The Bertz CT molecular complexity index is 818. The van der Waals surface area contributed by atoms with Gasteiger partial charge in [-0.1, -0.05) is 12.1 Å². The Morgan fingerprint density at radius 2 is 1.71 bits per heavy atom. The summed E-state index contributed by atoms with van der Waals surface area (Å²) in [7, 11) is 0. The van der Waals surface area contributed by atoms with Gasteiger partial charge >= 0.3 is 5.97 Å². The van der Waals surface area contributed by atoms with Crippen LogP contribution in [0.25, 0.3) is 0 Å². The summed E-state index contributed by atoms with van der Waals surface area (Å²) in [5.41, 5.74) is 1.81. The van der Waals surface area contributed by atoms with E-state index >= 15 is 0 Å². The molecular weight excluding hydrogens is 361 g/mol. The summed E-state index contributed by atoms with van der Waals surface area (Å²) in [5.74, 6) is -0.615. The number of nitrogens with one attached hydrogen (secondary N) is 1. The molecule has 0 spiro atoms. The predicted octanol–water partition coefficient (Wildman–Crippen LogP) is 2.76. The predicted molar refractivity (Wildman–Crippen MR) is 106 cm³/mol. The second-order valence-corrected chi connectivity index (χ2v) is 6.47. The molecule has 1 fully saturated rings. The van der Waals surface area contributed by atoms with Crippen LogP contribution < -0.4 is 10.2 Å². The molecule has 7 heteroatoms. The van der Waals surface area contributed by atoms with Crippen LogP contribution >= 0.6 is 0 Å². The summed E-state index contributed by atoms with van der Waals surface area (Å²) >= 11 is 0. The number of carbonyl (C=O) groups is 2. The molecule has 148 valence electrons. The van der Waals surface area contributed by atoms with E-state index in [1.165, 1.54) is 6.07 Å². The minimum absolute atomic E-state index is 0.0114. The number of benzene rings is 2. The number of ether oxygens (including phenoxy) is 1. The van der Waals surface area contributed by atoms with Crippen LogP contribution in [0.4, 0.5) is 15.8 Å². The number of halogens is 1. The number of esters is 1. The number of carbonyl (C=O) groups excluding carboxylic acids is 2. The van der Waals surface area contributed by atoms with Gasteiger partial charge in [-0.2, -0.15) is 0 Å². The lowest BCUT2D eigenvalue weighted by Gasteiger charge is -2.36. The highest BCUT2D eigenvalue weighted by molar-refractivity contribution is 5.90. The Kier molecular flexibility index (Phi) is 6.47. The molecule has 0 atom stereocenters. The van der Waals surface area contributed by atoms with Crippen LogP contribution in [-0.4, -0.2) is 56.1 Å². The highest BCUT2D eigenvalue weighted by Crippen LogP contribution is 2.20. The zero-order valence-electron chi connectivity index (χ0n) is 15.9. The molecule has 3 rings (SSSR count). The topological polar surface area (TPSA) is 61.9 Å². The summed E-state index contributed by atoms with van der Waals surface area (Å²) in [5, 5.41) is 3.07. The monoisotopic (exact) mass is 385 g/mol. The lowest BCUT2D eigenvalue weighted by atomic mass is 10.2. The van der Waals surface area contributed by atoms with Gasteiger partial charge in [-0.15, -0.1) is 0 Å². The Hall–Kier alpha value is -3.09. The van der Waals surface area contributed by atoms with E-state index in [4.69, 9.17) is 4.74 Å². The maximum atomic E-state index is 13.9. The minimum Gasteiger partial charge on any atom is -0.462 e. The molecule has 1 N–H and O–H groups in total. The van der Waals surface area contributed by atoms with E-state index in [0.29, 0.717) is 44.0 Å². The van der Waals surface area contributed by atoms with E-state index < -0.39 is 0 Å². The highest BCUT2D eigenvalue weighted by atomic mass is 19.1. The van der Waals surface area contributed by atoms with Crippen LogP contribution in [0, 0.1) is 5.82 Å². The van der Waals surface area contributed by atoms with Crippen molar-refractivity contribution in [2.24, 2.45) is 0 Å². The van der Waals surface area contributed by atoms with Crippen molar-refractivity contribution in [2.75, 3.05) is 49.5 Å². The van der Waals surface area contributed by atoms with Crippen molar-refractivity contribution in [2.45, 2.75) is 6.92 Å². The molecule has 0 bridgehead atoms. The molecule has 0 aromatic heterocycles. The molecule has 1 heterocycles. The lowest BCUT2D eigenvalue weighted by Crippen LogP contribution is -2.50. The molecule has 0 unspecified atom stereocenters. The Morgan fingerprint density at radius 3 is 2.36 bits per heavy atom. The number of amides is 1. The number of rotatable bonds is 6. The molecule has 1 aliphatic rings. The van der Waals surface area contributed by atoms with Crippen LogP contribution in [0.5, 0.6) is 0 Å². The highest BCUT2D eigenvalue weighted by Gasteiger charge is 2.22. The van der Waals surface area contributed by atoms with Crippen molar-refractivity contribution in [3.63, 3.8) is 0 Å². The van der Waals surface area contributed by atoms with Crippen molar-refractivity contribution in [3.05, 3.63) is 59.9 Å². The Morgan fingerprint density at radius 1 is 1.04 bits per heavy atom. The molecule has 2 aromatic rings. The van der Waals surface area contributed by atoms with Gasteiger partial charge in [0.1, 0.15) is 5.82 Å². The van der Waals surface area contributed by atoms with Crippen molar-refractivity contribution >= 4 is 23.3 Å². The van der Waals surface area contributed by atoms with E-state index in [-0.39, 0.29) is 24.2 Å². The summed E-state index contributed by atoms with van der Waals surface area (Å²) in [6.45, 7) is 4.56. The van der Waals surface area contributed by atoms with Crippen LogP contribution in [-0.2, 0) is 9.53 Å². The normalized spacial score (nSPS) is 13.9. The third-order valence-corrected chi connectivity index (χ3v) is 4.67. The van der Waals surface area contributed by atoms with Crippen LogP contribution in [0.2, 0.25) is 0 Å². The van der Waals surface area contributed by atoms with Crippen molar-refractivity contribution < 1.29 is 18.7 Å². The first-order valence-electron chi connectivity index (χ1n) is 9.37. The molecule has 1 saturated heterocycles. The number of piperazine rings is 1. The van der Waals surface area contributed by atoms with Gasteiger partial charge in [0.15, 0.2) is 0 Å². The second kappa shape index (κ2) is 9.21. The SMILES string of the molecule is CCOC(=O)c1ccc(NCC(=O)N2CCN(c3ccccc3F)CC2)cc1. The van der Waals surface area contributed by atoms with Crippen molar-refractivity contribution in [1.82, 2.24) is 4.90 Å². The fourth-order valence-corrected chi connectivity index (χ4v) is 3.13. The number of anilines is 2. The van der Waals surface area contributed by atoms with Gasteiger partial charge in [0.2, 0.25) is 5.91 Å². The Labute approximate surface area is 163 Å². The quantitative estimate of drug-likeness (QED) is 0.775. The molecule has 28 heavy (non-hydrogen) atoms. The minimum atomic E-state index is -0.363. The largest absolute Gasteiger partial charge is 0.462 e. The maximum absolute atomic E-state index is 13.9. The molecule has 1 amide bonds. The zero-order chi connectivity index (χ0) is 19.9. The molecular formula is C21H24FN3O3. The molecule has 6 nitrogen and oxygen atoms in total. The van der Waals surface area contributed by atoms with E-state index in [2.05, 4.69) is 5.32 Å².